The van der Waals surface area contributed by atoms with Gasteiger partial charge in [0.1, 0.15) is 18.9 Å². The van der Waals surface area contributed by atoms with Crippen molar-refractivity contribution in [3.8, 4) is 28.9 Å². The normalized spacial score (nSPS) is 10.6. The molecule has 132 valence electrons. The minimum Gasteiger partial charge on any atom is -0.477 e. The van der Waals surface area contributed by atoms with Gasteiger partial charge in [0.15, 0.2) is 0 Å². The van der Waals surface area contributed by atoms with Crippen LogP contribution in [0.3, 0.4) is 0 Å². The van der Waals surface area contributed by atoms with Gasteiger partial charge in [0.05, 0.1) is 43.8 Å². The van der Waals surface area contributed by atoms with Gasteiger partial charge in [-0.3, -0.25) is 4.98 Å². The van der Waals surface area contributed by atoms with Crippen LogP contribution in [0.25, 0.3) is 11.3 Å². The first-order valence-corrected chi connectivity index (χ1v) is 8.77. The Morgan fingerprint density at radius 3 is 2.36 bits per heavy atom. The summed E-state index contributed by atoms with van der Waals surface area (Å²) in [4.78, 5) is 4.07. The molecule has 0 aliphatic rings. The molecular weight excluding hydrogens is 366 g/mol. The van der Waals surface area contributed by atoms with Gasteiger partial charge < -0.3 is 18.9 Å². The molecule has 0 amide bonds. The Kier molecular flexibility index (Phi) is 6.42. The Balaban J connectivity index is 1.35. The Morgan fingerprint density at radius 2 is 1.60 bits per heavy atom. The zero-order valence-corrected chi connectivity index (χ0v) is 15.0. The van der Waals surface area contributed by atoms with Gasteiger partial charge in [-0.1, -0.05) is 0 Å². The molecule has 0 fully saturated rings. The van der Waals surface area contributed by atoms with E-state index in [0.717, 1.165) is 29.0 Å². The lowest BCUT2D eigenvalue weighted by atomic mass is 10.2. The largest absolute Gasteiger partial charge is 0.477 e. The summed E-state index contributed by atoms with van der Waals surface area (Å²) in [6, 6.07) is 3.75. The number of aromatic nitrogens is 5. The van der Waals surface area contributed by atoms with Crippen LogP contribution in [0, 0.1) is 0 Å². The minimum absolute atomic E-state index is 0.348. The maximum Gasteiger partial charge on any atom is 0.291 e. The third-order valence-corrected chi connectivity index (χ3v) is 3.96. The van der Waals surface area contributed by atoms with E-state index in [0.29, 0.717) is 49.8 Å². The number of ether oxygens (including phenoxy) is 4. The molecule has 0 saturated carbocycles. The summed E-state index contributed by atoms with van der Waals surface area (Å²) in [6.45, 7) is 1.51. The van der Waals surface area contributed by atoms with Crippen molar-refractivity contribution in [3.05, 3.63) is 24.5 Å². The molecule has 0 aromatic carbocycles. The van der Waals surface area contributed by atoms with Gasteiger partial charge in [0.2, 0.25) is 0 Å². The smallest absolute Gasteiger partial charge is 0.291 e. The van der Waals surface area contributed by atoms with E-state index in [1.807, 2.05) is 12.1 Å². The quantitative estimate of drug-likeness (QED) is 0.487. The predicted molar refractivity (Wildman–Crippen MR) is 91.4 cm³/mol. The minimum atomic E-state index is 0.348. The molecule has 0 unspecified atom stereocenters. The fourth-order valence-electron chi connectivity index (χ4n) is 1.84. The summed E-state index contributed by atoms with van der Waals surface area (Å²) in [5, 5.41) is 0. The number of rotatable bonds is 10. The van der Waals surface area contributed by atoms with E-state index in [-0.39, 0.29) is 0 Å². The summed E-state index contributed by atoms with van der Waals surface area (Å²) < 4.78 is 37.8. The van der Waals surface area contributed by atoms with E-state index in [1.54, 1.807) is 12.4 Å². The van der Waals surface area contributed by atoms with Gasteiger partial charge in [-0.15, -0.1) is 13.1 Å². The highest BCUT2D eigenvalue weighted by atomic mass is 32.1. The number of methoxy groups -OCH3 is 1. The zero-order chi connectivity index (χ0) is 17.3. The Morgan fingerprint density at radius 1 is 0.880 bits per heavy atom. The Labute approximate surface area is 152 Å². The van der Waals surface area contributed by atoms with E-state index >= 15 is 0 Å². The first kappa shape index (κ1) is 17.5. The van der Waals surface area contributed by atoms with Crippen LogP contribution in [0.15, 0.2) is 24.5 Å². The topological polar surface area (TPSA) is 101 Å². The van der Waals surface area contributed by atoms with Gasteiger partial charge in [-0.2, -0.15) is 4.37 Å². The molecule has 3 heterocycles. The fraction of sp³-hybridized carbons (Fsp3) is 0.357. The highest BCUT2D eigenvalue weighted by Gasteiger charge is 2.12. The first-order chi connectivity index (χ1) is 12.4. The molecule has 0 bridgehead atoms. The molecule has 0 aliphatic heterocycles. The second-order valence-electron chi connectivity index (χ2n) is 4.55. The third kappa shape index (κ3) is 4.81. The maximum absolute atomic E-state index is 5.62. The van der Waals surface area contributed by atoms with Gasteiger partial charge >= 0.3 is 0 Å². The first-order valence-electron chi connectivity index (χ1n) is 7.31. The summed E-state index contributed by atoms with van der Waals surface area (Å²) in [7, 11) is 1.52. The van der Waals surface area contributed by atoms with E-state index in [2.05, 4.69) is 22.5 Å². The van der Waals surface area contributed by atoms with E-state index in [4.69, 9.17) is 18.9 Å². The second kappa shape index (κ2) is 9.20. The molecule has 11 heteroatoms. The number of hydrogen-bond acceptors (Lipinski definition) is 11. The highest BCUT2D eigenvalue weighted by Crippen LogP contribution is 2.26. The third-order valence-electron chi connectivity index (χ3n) is 2.95. The van der Waals surface area contributed by atoms with E-state index in [9.17, 15) is 0 Å². The van der Waals surface area contributed by atoms with Crippen molar-refractivity contribution in [3.63, 3.8) is 0 Å². The molecule has 3 rings (SSSR count). The molecule has 3 aromatic rings. The van der Waals surface area contributed by atoms with Crippen molar-refractivity contribution in [1.29, 1.82) is 0 Å². The lowest BCUT2D eigenvalue weighted by Crippen LogP contribution is -2.12. The molecule has 25 heavy (non-hydrogen) atoms. The molecule has 9 nitrogen and oxygen atoms in total. The van der Waals surface area contributed by atoms with Crippen LogP contribution in [0.2, 0.25) is 0 Å². The SMILES string of the molecule is COc1nsnc1OCCOCCOc1nsnc1-c1cccnc1. The van der Waals surface area contributed by atoms with Crippen LogP contribution in [0.1, 0.15) is 0 Å². The molecule has 0 radical (unpaired) electrons. The van der Waals surface area contributed by atoms with Crippen molar-refractivity contribution in [2.45, 2.75) is 0 Å². The lowest BCUT2D eigenvalue weighted by molar-refractivity contribution is 0.0740. The predicted octanol–water partition coefficient (Wildman–Crippen LogP) is 1.93. The van der Waals surface area contributed by atoms with Crippen molar-refractivity contribution >= 4 is 23.5 Å². The summed E-state index contributed by atoms with van der Waals surface area (Å²) >= 11 is 2.13. The number of nitrogens with zero attached hydrogens (tertiary/aromatic N) is 5. The Bertz CT molecular complexity index is 767. The van der Waals surface area contributed by atoms with Crippen LogP contribution >= 0.6 is 23.5 Å². The van der Waals surface area contributed by atoms with Gasteiger partial charge in [-0.25, -0.2) is 0 Å². The lowest BCUT2D eigenvalue weighted by Gasteiger charge is -2.07. The van der Waals surface area contributed by atoms with Gasteiger partial charge in [0, 0.05) is 18.0 Å². The zero-order valence-electron chi connectivity index (χ0n) is 13.3. The van der Waals surface area contributed by atoms with Crippen molar-refractivity contribution in [2.24, 2.45) is 0 Å². The average molecular weight is 381 g/mol. The van der Waals surface area contributed by atoms with E-state index < -0.39 is 0 Å². The molecule has 0 aliphatic carbocycles. The summed E-state index contributed by atoms with van der Waals surface area (Å²) in [5.74, 6) is 1.24. The summed E-state index contributed by atoms with van der Waals surface area (Å²) in [6.07, 6.45) is 3.43. The number of pyridine rings is 1. The molecular formula is C14H15N5O4S2. The van der Waals surface area contributed by atoms with Crippen molar-refractivity contribution in [2.75, 3.05) is 33.5 Å². The van der Waals surface area contributed by atoms with Crippen molar-refractivity contribution < 1.29 is 18.9 Å². The van der Waals surface area contributed by atoms with Gasteiger partial charge in [0.25, 0.3) is 17.6 Å². The molecule has 0 N–H and O–H groups in total. The molecule has 0 saturated heterocycles. The van der Waals surface area contributed by atoms with E-state index in [1.165, 1.54) is 7.11 Å². The highest BCUT2D eigenvalue weighted by molar-refractivity contribution is 6.99. The Hall–Kier alpha value is -2.37. The molecule has 0 atom stereocenters. The van der Waals surface area contributed by atoms with Crippen LogP contribution in [0.5, 0.6) is 17.6 Å². The average Bonchev–Trinajstić information content (AvgIpc) is 3.30. The fourth-order valence-corrected chi connectivity index (χ4v) is 2.83. The monoisotopic (exact) mass is 381 g/mol. The van der Waals surface area contributed by atoms with Crippen LogP contribution in [-0.2, 0) is 4.74 Å². The second-order valence-corrected chi connectivity index (χ2v) is 5.60. The number of hydrogen-bond donors (Lipinski definition) is 0. The maximum atomic E-state index is 5.62. The van der Waals surface area contributed by atoms with Crippen LogP contribution in [-0.4, -0.2) is 56.0 Å². The molecule has 0 spiro atoms. The molecule has 3 aromatic heterocycles. The van der Waals surface area contributed by atoms with Crippen LogP contribution < -0.4 is 14.2 Å². The standard InChI is InChI=1S/C14H15N5O4S2/c1-20-13-14(19-25-18-13)23-8-6-21-5-7-22-12-11(16-24-17-12)10-3-2-4-15-9-10/h2-4,9H,5-8H2,1H3. The van der Waals surface area contributed by atoms with Gasteiger partial charge in [-0.05, 0) is 12.1 Å². The summed E-state index contributed by atoms with van der Waals surface area (Å²) in [5.41, 5.74) is 1.55. The van der Waals surface area contributed by atoms with Crippen LogP contribution in [0.4, 0.5) is 0 Å². The van der Waals surface area contributed by atoms with Crippen molar-refractivity contribution in [1.82, 2.24) is 22.5 Å².